The molecule has 0 bridgehead atoms. The normalized spacial score (nSPS) is 13.1. The predicted molar refractivity (Wildman–Crippen MR) is 264 cm³/mol. The van der Waals surface area contributed by atoms with Gasteiger partial charge in [0.1, 0.15) is 22.3 Å². The van der Waals surface area contributed by atoms with Crippen LogP contribution in [0.2, 0.25) is 0 Å². The fourth-order valence-corrected chi connectivity index (χ4v) is 11.2. The van der Waals surface area contributed by atoms with E-state index in [1.165, 1.54) is 44.2 Å². The molecule has 64 heavy (non-hydrogen) atoms. The minimum atomic E-state index is -0.548. The monoisotopic (exact) mass is 815 g/mol. The number of hydrogen-bond donors (Lipinski definition) is 0. The summed E-state index contributed by atoms with van der Waals surface area (Å²) in [5.74, 6) is 0. The van der Waals surface area contributed by atoms with Crippen LogP contribution in [0.15, 0.2) is 233 Å². The standard InChI is InChI=1S/C61H37NO2/c1-3-15-40(16-4-1)61(41-17-5-2-6-18-41)53-26-10-7-19-45(53)46-34-31-42(37-54(46)61)62-59-43(38-29-32-49-47-20-8-11-27-55(47)63-57(49)35-38)22-13-24-51(59)52-25-14-23-44(60(52)62)39-30-33-50-48-21-9-12-28-56(48)64-58(50)36-39/h1-37H. The summed E-state index contributed by atoms with van der Waals surface area (Å²) < 4.78 is 15.5. The van der Waals surface area contributed by atoms with Crippen molar-refractivity contribution in [2.24, 2.45) is 0 Å². The molecule has 1 aliphatic carbocycles. The molecule has 13 aromatic rings. The molecule has 0 atom stereocenters. The molecule has 3 heteroatoms. The second-order valence-corrected chi connectivity index (χ2v) is 17.1. The van der Waals surface area contributed by atoms with E-state index in [4.69, 9.17) is 8.83 Å². The SMILES string of the molecule is c1ccc(C2(c3ccccc3)c3ccccc3-c3ccc(-n4c5c(-c6ccc7c(c6)oc6ccccc67)cccc5c5cccc(-c6ccc7c(c6)oc6ccccc67)c54)cc32)cc1. The first-order valence-electron chi connectivity index (χ1n) is 22.0. The average Bonchev–Trinajstić information content (AvgIpc) is 4.11. The largest absolute Gasteiger partial charge is 0.456 e. The minimum absolute atomic E-state index is 0.548. The molecule has 0 spiro atoms. The van der Waals surface area contributed by atoms with E-state index in [0.717, 1.165) is 82.9 Å². The third kappa shape index (κ3) is 4.81. The zero-order valence-corrected chi connectivity index (χ0v) is 34.6. The molecular weight excluding hydrogens is 779 g/mol. The molecule has 0 unspecified atom stereocenters. The number of para-hydroxylation sites is 4. The number of furan rings is 2. The summed E-state index contributed by atoms with van der Waals surface area (Å²) >= 11 is 0. The van der Waals surface area contributed by atoms with Gasteiger partial charge in [-0.3, -0.25) is 0 Å². The summed E-state index contributed by atoms with van der Waals surface area (Å²) in [7, 11) is 0. The Hall–Kier alpha value is -8.40. The Balaban J connectivity index is 1.10. The van der Waals surface area contributed by atoms with Gasteiger partial charge in [-0.05, 0) is 93.0 Å². The fourth-order valence-electron chi connectivity index (χ4n) is 11.2. The minimum Gasteiger partial charge on any atom is -0.456 e. The van der Waals surface area contributed by atoms with Crippen molar-refractivity contribution in [3.63, 3.8) is 0 Å². The van der Waals surface area contributed by atoms with Crippen LogP contribution in [0.5, 0.6) is 0 Å². The molecular formula is C61H37NO2. The average molecular weight is 816 g/mol. The van der Waals surface area contributed by atoms with Crippen molar-refractivity contribution < 1.29 is 8.83 Å². The fraction of sp³-hybridized carbons (Fsp3) is 0.0164. The third-order valence-electron chi connectivity index (χ3n) is 13.9. The van der Waals surface area contributed by atoms with Gasteiger partial charge in [0, 0.05) is 49.1 Å². The molecule has 0 radical (unpaired) electrons. The number of fused-ring (bicyclic) bond motifs is 12. The van der Waals surface area contributed by atoms with Crippen LogP contribution < -0.4 is 0 Å². The molecule has 0 N–H and O–H groups in total. The van der Waals surface area contributed by atoms with Crippen LogP contribution in [0.25, 0.3) is 105 Å². The first kappa shape index (κ1) is 35.2. The van der Waals surface area contributed by atoms with Crippen LogP contribution in [-0.2, 0) is 5.41 Å². The van der Waals surface area contributed by atoms with Gasteiger partial charge >= 0.3 is 0 Å². The predicted octanol–water partition coefficient (Wildman–Crippen LogP) is 16.3. The van der Waals surface area contributed by atoms with Crippen molar-refractivity contribution in [2.45, 2.75) is 5.41 Å². The van der Waals surface area contributed by atoms with Crippen LogP contribution >= 0.6 is 0 Å². The Morgan fingerprint density at radius 3 is 1.33 bits per heavy atom. The molecule has 298 valence electrons. The second-order valence-electron chi connectivity index (χ2n) is 17.1. The lowest BCUT2D eigenvalue weighted by Crippen LogP contribution is -2.28. The first-order chi connectivity index (χ1) is 31.7. The molecule has 10 aromatic carbocycles. The van der Waals surface area contributed by atoms with Gasteiger partial charge in [0.25, 0.3) is 0 Å². The molecule has 0 aliphatic heterocycles. The number of rotatable bonds is 5. The first-order valence-corrected chi connectivity index (χ1v) is 22.0. The van der Waals surface area contributed by atoms with Gasteiger partial charge in [0.05, 0.1) is 16.4 Å². The van der Waals surface area contributed by atoms with Crippen molar-refractivity contribution >= 4 is 65.7 Å². The second kappa shape index (κ2) is 13.3. The van der Waals surface area contributed by atoms with Gasteiger partial charge in [-0.2, -0.15) is 0 Å². The summed E-state index contributed by atoms with van der Waals surface area (Å²) in [6.07, 6.45) is 0. The summed E-state index contributed by atoms with van der Waals surface area (Å²) in [5.41, 5.74) is 18.4. The maximum Gasteiger partial charge on any atom is 0.136 e. The highest BCUT2D eigenvalue weighted by Gasteiger charge is 2.46. The van der Waals surface area contributed by atoms with Gasteiger partial charge in [-0.15, -0.1) is 0 Å². The summed E-state index contributed by atoms with van der Waals surface area (Å²) in [4.78, 5) is 0. The van der Waals surface area contributed by atoms with Crippen molar-refractivity contribution in [3.05, 3.63) is 247 Å². The maximum atomic E-state index is 6.51. The molecule has 0 saturated carbocycles. The van der Waals surface area contributed by atoms with Gasteiger partial charge in [-0.25, -0.2) is 0 Å². The highest BCUT2D eigenvalue weighted by molar-refractivity contribution is 6.18. The summed E-state index contributed by atoms with van der Waals surface area (Å²) in [5, 5.41) is 6.86. The lowest BCUT2D eigenvalue weighted by atomic mass is 9.67. The highest BCUT2D eigenvalue weighted by Crippen LogP contribution is 2.57. The Morgan fingerprint density at radius 1 is 0.297 bits per heavy atom. The van der Waals surface area contributed by atoms with E-state index in [-0.39, 0.29) is 0 Å². The number of nitrogens with zero attached hydrogens (tertiary/aromatic N) is 1. The van der Waals surface area contributed by atoms with E-state index in [9.17, 15) is 0 Å². The smallest absolute Gasteiger partial charge is 0.136 e. The molecule has 0 saturated heterocycles. The van der Waals surface area contributed by atoms with Crippen molar-refractivity contribution in [3.8, 4) is 39.1 Å². The molecule has 0 fully saturated rings. The topological polar surface area (TPSA) is 31.2 Å². The van der Waals surface area contributed by atoms with E-state index in [0.29, 0.717) is 0 Å². The molecule has 14 rings (SSSR count). The highest BCUT2D eigenvalue weighted by atomic mass is 16.3. The quantitative estimate of drug-likeness (QED) is 0.173. The molecule has 1 aliphatic rings. The van der Waals surface area contributed by atoms with Gasteiger partial charge < -0.3 is 13.4 Å². The van der Waals surface area contributed by atoms with E-state index in [1.807, 2.05) is 12.1 Å². The lowest BCUT2D eigenvalue weighted by Gasteiger charge is -2.34. The van der Waals surface area contributed by atoms with Crippen molar-refractivity contribution in [2.75, 3.05) is 0 Å². The zero-order chi connectivity index (χ0) is 41.9. The summed E-state index contributed by atoms with van der Waals surface area (Å²) in [6.45, 7) is 0. The van der Waals surface area contributed by atoms with Gasteiger partial charge in [0.15, 0.2) is 0 Å². The Morgan fingerprint density at radius 2 is 0.750 bits per heavy atom. The van der Waals surface area contributed by atoms with Crippen LogP contribution in [0.1, 0.15) is 22.3 Å². The lowest BCUT2D eigenvalue weighted by molar-refractivity contribution is 0.668. The van der Waals surface area contributed by atoms with Crippen molar-refractivity contribution in [1.29, 1.82) is 0 Å². The number of benzene rings is 10. The molecule has 3 nitrogen and oxygen atoms in total. The molecule has 3 aromatic heterocycles. The van der Waals surface area contributed by atoms with E-state index in [2.05, 4.69) is 217 Å². The maximum absolute atomic E-state index is 6.51. The van der Waals surface area contributed by atoms with Crippen LogP contribution in [-0.4, -0.2) is 4.57 Å². The molecule has 3 heterocycles. The van der Waals surface area contributed by atoms with E-state index >= 15 is 0 Å². The van der Waals surface area contributed by atoms with E-state index < -0.39 is 5.41 Å². The Bertz CT molecular complexity index is 3810. The number of hydrogen-bond acceptors (Lipinski definition) is 2. The van der Waals surface area contributed by atoms with Gasteiger partial charge in [-0.1, -0.05) is 176 Å². The molecule has 0 amide bonds. The Labute approximate surface area is 368 Å². The van der Waals surface area contributed by atoms with Crippen molar-refractivity contribution in [1.82, 2.24) is 4.57 Å². The van der Waals surface area contributed by atoms with Crippen LogP contribution in [0.4, 0.5) is 0 Å². The van der Waals surface area contributed by atoms with Crippen LogP contribution in [0.3, 0.4) is 0 Å². The zero-order valence-electron chi connectivity index (χ0n) is 34.6. The summed E-state index contributed by atoms with van der Waals surface area (Å²) in [6, 6.07) is 81.8. The van der Waals surface area contributed by atoms with E-state index in [1.54, 1.807) is 0 Å². The number of aromatic nitrogens is 1. The third-order valence-corrected chi connectivity index (χ3v) is 13.9. The Kier molecular flexibility index (Phi) is 7.32. The van der Waals surface area contributed by atoms with Gasteiger partial charge in [0.2, 0.25) is 0 Å². The van der Waals surface area contributed by atoms with Crippen LogP contribution in [0, 0.1) is 0 Å².